The van der Waals surface area contributed by atoms with Gasteiger partial charge in [-0.1, -0.05) is 77.8 Å². The second kappa shape index (κ2) is 11.6. The lowest BCUT2D eigenvalue weighted by atomic mass is 10.1. The van der Waals surface area contributed by atoms with E-state index in [0.29, 0.717) is 41.0 Å². The second-order valence-corrected chi connectivity index (χ2v) is 8.58. The van der Waals surface area contributed by atoms with E-state index in [4.69, 9.17) is 32.7 Å². The van der Waals surface area contributed by atoms with Gasteiger partial charge in [0.1, 0.15) is 18.2 Å². The normalized spacial score (nSPS) is 11.1. The Hall–Kier alpha value is -3.98. The van der Waals surface area contributed by atoms with Crippen molar-refractivity contribution >= 4 is 51.6 Å². The summed E-state index contributed by atoms with van der Waals surface area (Å²) in [4.78, 5) is 12.7. The van der Waals surface area contributed by atoms with Gasteiger partial charge in [-0.25, -0.2) is 0 Å². The number of hydrogen-bond donors (Lipinski definition) is 1. The number of rotatable bonds is 8. The van der Waals surface area contributed by atoms with Crippen molar-refractivity contribution < 1.29 is 14.3 Å². The van der Waals surface area contributed by atoms with Gasteiger partial charge in [-0.15, -0.1) is 0 Å². The van der Waals surface area contributed by atoms with E-state index in [2.05, 4.69) is 23.5 Å². The number of halogens is 2. The summed E-state index contributed by atoms with van der Waals surface area (Å²) in [6.07, 6.45) is 1.48. The first kappa shape index (κ1) is 25.1. The van der Waals surface area contributed by atoms with Gasteiger partial charge in [-0.05, 0) is 59.2 Å². The number of hydrogen-bond acceptors (Lipinski definition) is 4. The van der Waals surface area contributed by atoms with E-state index in [1.807, 2.05) is 37.3 Å². The number of anilines is 1. The number of fused-ring (bicyclic) bond motifs is 1. The van der Waals surface area contributed by atoms with E-state index in [-0.39, 0.29) is 10.6 Å². The van der Waals surface area contributed by atoms with Crippen LogP contribution in [0.5, 0.6) is 11.5 Å². The average Bonchev–Trinajstić information content (AvgIpc) is 2.89. The lowest BCUT2D eigenvalue weighted by Crippen LogP contribution is -2.13. The van der Waals surface area contributed by atoms with Crippen LogP contribution in [0.1, 0.15) is 18.1 Å². The zero-order valence-corrected chi connectivity index (χ0v) is 20.9. The highest BCUT2D eigenvalue weighted by molar-refractivity contribution is 6.44. The second-order valence-electron chi connectivity index (χ2n) is 7.79. The molecule has 0 aliphatic heterocycles. The summed E-state index contributed by atoms with van der Waals surface area (Å²) in [5.41, 5.74) is 1.89. The Morgan fingerprint density at radius 3 is 2.56 bits per heavy atom. The zero-order valence-electron chi connectivity index (χ0n) is 19.4. The third-order valence-corrected chi connectivity index (χ3v) is 6.23. The largest absolute Gasteiger partial charge is 0.490 e. The first-order valence-corrected chi connectivity index (χ1v) is 12.0. The predicted octanol–water partition coefficient (Wildman–Crippen LogP) is 7.67. The average molecular weight is 517 g/mol. The molecule has 5 nitrogen and oxygen atoms in total. The molecule has 0 aromatic heterocycles. The fraction of sp³-hybridized carbons (Fsp3) is 0.103. The van der Waals surface area contributed by atoms with Gasteiger partial charge in [-0.2, -0.15) is 5.26 Å². The van der Waals surface area contributed by atoms with Crippen LogP contribution in [0, 0.1) is 11.3 Å². The molecule has 7 heteroatoms. The van der Waals surface area contributed by atoms with Crippen LogP contribution in [-0.4, -0.2) is 12.5 Å². The van der Waals surface area contributed by atoms with Crippen LogP contribution in [0.4, 0.5) is 5.69 Å². The number of amides is 1. The van der Waals surface area contributed by atoms with E-state index in [1.165, 1.54) is 6.08 Å². The van der Waals surface area contributed by atoms with Crippen molar-refractivity contribution in [3.05, 3.63) is 106 Å². The van der Waals surface area contributed by atoms with Crippen LogP contribution < -0.4 is 14.8 Å². The minimum atomic E-state index is -0.601. The first-order valence-electron chi connectivity index (χ1n) is 11.2. The maximum absolute atomic E-state index is 12.7. The molecular formula is C29H22Cl2N2O3. The lowest BCUT2D eigenvalue weighted by molar-refractivity contribution is -0.112. The van der Waals surface area contributed by atoms with Gasteiger partial charge < -0.3 is 14.8 Å². The summed E-state index contributed by atoms with van der Waals surface area (Å²) < 4.78 is 11.9. The van der Waals surface area contributed by atoms with Crippen LogP contribution in [-0.2, 0) is 11.4 Å². The molecule has 4 rings (SSSR count). The Labute approximate surface area is 219 Å². The molecule has 0 saturated carbocycles. The summed E-state index contributed by atoms with van der Waals surface area (Å²) in [5.74, 6) is 0.480. The maximum atomic E-state index is 12.7. The Morgan fingerprint density at radius 1 is 0.972 bits per heavy atom. The fourth-order valence-corrected chi connectivity index (χ4v) is 4.03. The highest BCUT2D eigenvalue weighted by Gasteiger charge is 2.14. The number of carbonyl (C=O) groups excluding carboxylic acids is 1. The molecule has 0 bridgehead atoms. The van der Waals surface area contributed by atoms with Crippen LogP contribution in [0.25, 0.3) is 16.8 Å². The van der Waals surface area contributed by atoms with Gasteiger partial charge >= 0.3 is 0 Å². The van der Waals surface area contributed by atoms with Crippen molar-refractivity contribution in [1.82, 2.24) is 0 Å². The van der Waals surface area contributed by atoms with Crippen LogP contribution in [0.15, 0.2) is 84.4 Å². The fourth-order valence-electron chi connectivity index (χ4n) is 3.68. The molecule has 0 atom stereocenters. The van der Waals surface area contributed by atoms with Gasteiger partial charge in [-0.3, -0.25) is 4.79 Å². The third-order valence-electron chi connectivity index (χ3n) is 5.41. The standard InChI is InChI=1S/C29H22Cl2N2O3/c1-2-35-27-16-19(15-22(17-32)29(34)33-25-12-6-11-24(30)28(25)31)13-14-26(27)36-18-21-9-5-8-20-7-3-4-10-23(20)21/h3-16H,2,18H2,1H3,(H,33,34)/b22-15+. The van der Waals surface area contributed by atoms with Gasteiger partial charge in [0, 0.05) is 0 Å². The predicted molar refractivity (Wildman–Crippen MR) is 145 cm³/mol. The summed E-state index contributed by atoms with van der Waals surface area (Å²) >= 11 is 12.2. The highest BCUT2D eigenvalue weighted by Crippen LogP contribution is 2.32. The Morgan fingerprint density at radius 2 is 1.75 bits per heavy atom. The zero-order chi connectivity index (χ0) is 25.5. The van der Waals surface area contributed by atoms with Crippen LogP contribution >= 0.6 is 23.2 Å². The maximum Gasteiger partial charge on any atom is 0.266 e. The van der Waals surface area contributed by atoms with E-state index < -0.39 is 5.91 Å². The summed E-state index contributed by atoms with van der Waals surface area (Å²) in [5, 5.41) is 15.0. The molecule has 4 aromatic carbocycles. The molecule has 0 heterocycles. The summed E-state index contributed by atoms with van der Waals surface area (Å²) in [6, 6.07) is 26.3. The minimum Gasteiger partial charge on any atom is -0.490 e. The number of nitriles is 1. The van der Waals surface area contributed by atoms with E-state index in [9.17, 15) is 10.1 Å². The quantitative estimate of drug-likeness (QED) is 0.192. The smallest absolute Gasteiger partial charge is 0.266 e. The third kappa shape index (κ3) is 5.80. The lowest BCUT2D eigenvalue weighted by Gasteiger charge is -2.14. The summed E-state index contributed by atoms with van der Waals surface area (Å²) in [6.45, 7) is 2.67. The molecule has 0 unspecified atom stereocenters. The van der Waals surface area contributed by atoms with Crippen molar-refractivity contribution in [2.75, 3.05) is 11.9 Å². The molecule has 36 heavy (non-hydrogen) atoms. The molecule has 1 N–H and O–H groups in total. The van der Waals surface area contributed by atoms with Gasteiger partial charge in [0.25, 0.3) is 5.91 Å². The highest BCUT2D eigenvalue weighted by atomic mass is 35.5. The van der Waals surface area contributed by atoms with E-state index in [0.717, 1.165) is 16.3 Å². The van der Waals surface area contributed by atoms with Gasteiger partial charge in [0.05, 0.1) is 22.3 Å². The topological polar surface area (TPSA) is 71.3 Å². The molecule has 1 amide bonds. The Kier molecular flexibility index (Phi) is 8.12. The van der Waals surface area contributed by atoms with Crippen LogP contribution in [0.3, 0.4) is 0 Å². The monoisotopic (exact) mass is 516 g/mol. The summed E-state index contributed by atoms with van der Waals surface area (Å²) in [7, 11) is 0. The minimum absolute atomic E-state index is 0.0992. The van der Waals surface area contributed by atoms with Crippen LogP contribution in [0.2, 0.25) is 10.0 Å². The first-order chi connectivity index (χ1) is 17.5. The molecule has 180 valence electrons. The Bertz CT molecular complexity index is 1490. The molecule has 0 radical (unpaired) electrons. The number of ether oxygens (including phenoxy) is 2. The molecule has 0 fully saturated rings. The van der Waals surface area contributed by atoms with Crippen molar-refractivity contribution in [3.63, 3.8) is 0 Å². The molecule has 0 spiro atoms. The molecule has 0 aliphatic rings. The van der Waals surface area contributed by atoms with Gasteiger partial charge in [0.2, 0.25) is 0 Å². The Balaban J connectivity index is 1.55. The molecule has 4 aromatic rings. The van der Waals surface area contributed by atoms with E-state index >= 15 is 0 Å². The number of nitrogens with zero attached hydrogens (tertiary/aromatic N) is 1. The molecule has 0 saturated heterocycles. The molecule has 0 aliphatic carbocycles. The van der Waals surface area contributed by atoms with E-state index in [1.54, 1.807) is 36.4 Å². The number of carbonyl (C=O) groups is 1. The van der Waals surface area contributed by atoms with Crippen molar-refractivity contribution in [2.45, 2.75) is 13.5 Å². The molecular weight excluding hydrogens is 495 g/mol. The van der Waals surface area contributed by atoms with Crippen molar-refractivity contribution in [3.8, 4) is 17.6 Å². The van der Waals surface area contributed by atoms with Crippen molar-refractivity contribution in [1.29, 1.82) is 5.26 Å². The SMILES string of the molecule is CCOc1cc(/C=C(\C#N)C(=O)Nc2cccc(Cl)c2Cl)ccc1OCc1cccc2ccccc12. The number of benzene rings is 4. The number of nitrogens with one attached hydrogen (secondary N) is 1. The van der Waals surface area contributed by atoms with Gasteiger partial charge in [0.15, 0.2) is 11.5 Å². The van der Waals surface area contributed by atoms with Crippen molar-refractivity contribution in [2.24, 2.45) is 0 Å².